The molecule has 7 nitrogen and oxygen atoms in total. The van der Waals surface area contributed by atoms with E-state index in [0.29, 0.717) is 35.1 Å². The summed E-state index contributed by atoms with van der Waals surface area (Å²) in [6, 6.07) is 6.78. The fourth-order valence-corrected chi connectivity index (χ4v) is 5.18. The average molecular weight is 439 g/mol. The lowest BCUT2D eigenvalue weighted by Gasteiger charge is -2.34. The Labute approximate surface area is 177 Å². The van der Waals surface area contributed by atoms with Crippen molar-refractivity contribution in [2.75, 3.05) is 13.1 Å². The lowest BCUT2D eigenvalue weighted by Crippen LogP contribution is -2.50. The summed E-state index contributed by atoms with van der Waals surface area (Å²) in [7, 11) is -3.75. The van der Waals surface area contributed by atoms with Crippen molar-refractivity contribution in [3.63, 3.8) is 0 Å². The first-order valence-electron chi connectivity index (χ1n) is 9.85. The zero-order chi connectivity index (χ0) is 21.2. The summed E-state index contributed by atoms with van der Waals surface area (Å²) in [4.78, 5) is 14.2. The predicted octanol–water partition coefficient (Wildman–Crippen LogP) is 3.38. The molecule has 0 aliphatic carbocycles. The van der Waals surface area contributed by atoms with Crippen LogP contribution in [0.1, 0.15) is 45.6 Å². The molecule has 1 saturated heterocycles. The Bertz CT molecular complexity index is 933. The van der Waals surface area contributed by atoms with Crippen molar-refractivity contribution in [3.8, 4) is 0 Å². The minimum absolute atomic E-state index is 0.0638. The van der Waals surface area contributed by atoms with Crippen molar-refractivity contribution in [2.45, 2.75) is 52.1 Å². The van der Waals surface area contributed by atoms with Crippen LogP contribution in [0.25, 0.3) is 4.91 Å². The van der Waals surface area contributed by atoms with E-state index < -0.39 is 10.0 Å². The Balaban J connectivity index is 1.68. The maximum absolute atomic E-state index is 12.7. The van der Waals surface area contributed by atoms with Crippen molar-refractivity contribution in [1.82, 2.24) is 15.5 Å². The first-order chi connectivity index (χ1) is 13.7. The van der Waals surface area contributed by atoms with E-state index in [-0.39, 0.29) is 23.0 Å². The molecule has 0 saturated carbocycles. The van der Waals surface area contributed by atoms with Crippen LogP contribution in [0.15, 0.2) is 34.2 Å². The van der Waals surface area contributed by atoms with Gasteiger partial charge in [0.25, 0.3) is 10.0 Å². The van der Waals surface area contributed by atoms with Gasteiger partial charge in [-0.05, 0) is 50.8 Å². The fraction of sp³-hybridized carbons (Fsp3) is 0.500. The minimum Gasteiger partial charge on any atom is -0.356 e. The van der Waals surface area contributed by atoms with Gasteiger partial charge in [0, 0.05) is 35.8 Å². The van der Waals surface area contributed by atoms with Crippen molar-refractivity contribution >= 4 is 38.4 Å². The molecule has 0 spiro atoms. The molecule has 2 aliphatic heterocycles. The summed E-state index contributed by atoms with van der Waals surface area (Å²) in [5.74, 6) is 0.498. The zero-order valence-electron chi connectivity index (χ0n) is 16.9. The van der Waals surface area contributed by atoms with Crippen LogP contribution in [0.5, 0.6) is 0 Å². The minimum atomic E-state index is -3.75. The number of amidine groups is 1. The summed E-state index contributed by atoms with van der Waals surface area (Å²) in [5.41, 5.74) is 1.23. The molecule has 0 unspecified atom stereocenters. The molecule has 1 aromatic carbocycles. The Morgan fingerprint density at radius 1 is 1.28 bits per heavy atom. The van der Waals surface area contributed by atoms with Crippen LogP contribution < -0.4 is 10.6 Å². The molecule has 2 aliphatic rings. The predicted molar refractivity (Wildman–Crippen MR) is 116 cm³/mol. The van der Waals surface area contributed by atoms with E-state index in [1.165, 1.54) is 0 Å². The second-order valence-electron chi connectivity index (χ2n) is 7.54. The summed E-state index contributed by atoms with van der Waals surface area (Å²) in [5, 5.41) is 6.46. The Hall–Kier alpha value is -2.06. The van der Waals surface area contributed by atoms with Gasteiger partial charge in [-0.1, -0.05) is 30.7 Å². The number of hydrogen-bond acceptors (Lipinski definition) is 4. The van der Waals surface area contributed by atoms with Crippen LogP contribution in [0, 0.1) is 0 Å². The molecule has 2 N–H and O–H groups in total. The topological polar surface area (TPSA) is 90.9 Å². The molecule has 29 heavy (non-hydrogen) atoms. The number of urea groups is 1. The first kappa shape index (κ1) is 21.6. The molecule has 0 radical (unpaired) electrons. The molecular weight excluding hydrogens is 412 g/mol. The third-order valence-corrected chi connectivity index (χ3v) is 7.09. The molecule has 0 bridgehead atoms. The Kier molecular flexibility index (Phi) is 6.53. The second-order valence-corrected chi connectivity index (χ2v) is 9.52. The molecule has 1 fully saturated rings. The number of likely N-dealkylation sites (tertiary alicyclic amines) is 1. The SMILES string of the molecule is CC[C@H](C)NC(=O)NC1CCN(C2=NS(=O)(=O)C(c3ccc(Cl)cc3)=C2C)CC1. The van der Waals surface area contributed by atoms with Gasteiger partial charge in [-0.15, -0.1) is 4.40 Å². The standard InChI is InChI=1S/C20H27ClN4O3S/c1-4-13(2)22-20(26)23-17-9-11-25(12-10-17)19-14(3)18(29(27,28)24-19)15-5-7-16(21)8-6-15/h5-8,13,17H,4,9-12H2,1-3H3,(H2,22,23,26)/t13-/m0/s1. The number of nitrogens with zero attached hydrogens (tertiary/aromatic N) is 2. The molecule has 0 aromatic heterocycles. The summed E-state index contributed by atoms with van der Waals surface area (Å²) in [6.07, 6.45) is 2.34. The smallest absolute Gasteiger partial charge is 0.315 e. The van der Waals surface area contributed by atoms with E-state index in [9.17, 15) is 13.2 Å². The van der Waals surface area contributed by atoms with Gasteiger partial charge in [-0.2, -0.15) is 8.42 Å². The van der Waals surface area contributed by atoms with Crippen LogP contribution >= 0.6 is 11.6 Å². The van der Waals surface area contributed by atoms with Crippen molar-refractivity contribution < 1.29 is 13.2 Å². The number of hydrogen-bond donors (Lipinski definition) is 2. The number of sulfonamides is 1. The van der Waals surface area contributed by atoms with Gasteiger partial charge in [0.1, 0.15) is 10.7 Å². The zero-order valence-corrected chi connectivity index (χ0v) is 18.5. The van der Waals surface area contributed by atoms with Crippen LogP contribution in [0.4, 0.5) is 4.79 Å². The van der Waals surface area contributed by atoms with Gasteiger partial charge in [0.05, 0.1) is 0 Å². The average Bonchev–Trinajstić information content (AvgIpc) is 2.92. The third kappa shape index (κ3) is 4.93. The second kappa shape index (κ2) is 8.75. The Morgan fingerprint density at radius 2 is 1.90 bits per heavy atom. The van der Waals surface area contributed by atoms with E-state index in [0.717, 1.165) is 19.3 Å². The van der Waals surface area contributed by atoms with Gasteiger partial charge in [0.2, 0.25) is 0 Å². The quantitative estimate of drug-likeness (QED) is 0.753. The van der Waals surface area contributed by atoms with E-state index in [1.807, 2.05) is 18.7 Å². The van der Waals surface area contributed by atoms with Gasteiger partial charge in [0.15, 0.2) is 0 Å². The number of nitrogens with one attached hydrogen (secondary N) is 2. The van der Waals surface area contributed by atoms with Crippen LogP contribution in [0.2, 0.25) is 5.02 Å². The molecule has 9 heteroatoms. The highest BCUT2D eigenvalue weighted by molar-refractivity contribution is 8.00. The van der Waals surface area contributed by atoms with Crippen LogP contribution in [0.3, 0.4) is 0 Å². The highest BCUT2D eigenvalue weighted by Crippen LogP contribution is 2.34. The van der Waals surface area contributed by atoms with Gasteiger partial charge in [-0.25, -0.2) is 4.79 Å². The lowest BCUT2D eigenvalue weighted by molar-refractivity contribution is 0.223. The highest BCUT2D eigenvalue weighted by atomic mass is 35.5. The van der Waals surface area contributed by atoms with Crippen molar-refractivity contribution in [1.29, 1.82) is 0 Å². The summed E-state index contributed by atoms with van der Waals surface area (Å²) in [6.45, 7) is 7.04. The van der Waals surface area contributed by atoms with Gasteiger partial charge in [-0.3, -0.25) is 0 Å². The number of benzene rings is 1. The summed E-state index contributed by atoms with van der Waals surface area (Å²) < 4.78 is 29.4. The monoisotopic (exact) mass is 438 g/mol. The molecule has 2 heterocycles. The van der Waals surface area contributed by atoms with Crippen molar-refractivity contribution in [2.24, 2.45) is 4.40 Å². The fourth-order valence-electron chi connectivity index (χ4n) is 3.57. The lowest BCUT2D eigenvalue weighted by atomic mass is 10.0. The number of carbonyl (C=O) groups is 1. The molecule has 2 amide bonds. The maximum Gasteiger partial charge on any atom is 0.315 e. The van der Waals surface area contributed by atoms with E-state index in [1.54, 1.807) is 31.2 Å². The molecular formula is C20H27ClN4O3S. The highest BCUT2D eigenvalue weighted by Gasteiger charge is 2.35. The largest absolute Gasteiger partial charge is 0.356 e. The van der Waals surface area contributed by atoms with Crippen molar-refractivity contribution in [3.05, 3.63) is 40.4 Å². The third-order valence-electron chi connectivity index (χ3n) is 5.37. The van der Waals surface area contributed by atoms with Gasteiger partial charge >= 0.3 is 6.03 Å². The normalized spacial score (nSPS) is 20.4. The van der Waals surface area contributed by atoms with E-state index in [4.69, 9.17) is 11.6 Å². The molecule has 158 valence electrons. The number of halogens is 1. The summed E-state index contributed by atoms with van der Waals surface area (Å²) >= 11 is 5.93. The van der Waals surface area contributed by atoms with E-state index in [2.05, 4.69) is 15.0 Å². The number of piperidine rings is 1. The van der Waals surface area contributed by atoms with Gasteiger partial charge < -0.3 is 15.5 Å². The van der Waals surface area contributed by atoms with Crippen LogP contribution in [-0.4, -0.2) is 50.4 Å². The maximum atomic E-state index is 12.7. The Morgan fingerprint density at radius 3 is 2.48 bits per heavy atom. The number of carbonyl (C=O) groups excluding carboxylic acids is 1. The molecule has 1 atom stereocenters. The molecule has 1 aromatic rings. The number of rotatable bonds is 4. The number of amides is 2. The molecule has 3 rings (SSSR count). The van der Waals surface area contributed by atoms with Crippen LogP contribution in [-0.2, 0) is 10.0 Å². The first-order valence-corrected chi connectivity index (χ1v) is 11.7. The van der Waals surface area contributed by atoms with E-state index >= 15 is 0 Å².